The molecule has 27 heavy (non-hydrogen) atoms. The Kier molecular flexibility index (Phi) is 5.10. The molecule has 0 aromatic carbocycles. The monoisotopic (exact) mass is 384 g/mol. The number of hydrogen-bond donors (Lipinski definition) is 0. The third kappa shape index (κ3) is 3.68. The Morgan fingerprint density at radius 2 is 2.30 bits per heavy atom. The summed E-state index contributed by atoms with van der Waals surface area (Å²) in [6.07, 6.45) is 3.49. The number of amides is 1. The van der Waals surface area contributed by atoms with Crippen LogP contribution in [-0.2, 0) is 6.54 Å². The lowest BCUT2D eigenvalue weighted by molar-refractivity contribution is 0.0712. The highest BCUT2D eigenvalue weighted by molar-refractivity contribution is 7.13. The first kappa shape index (κ1) is 17.6. The van der Waals surface area contributed by atoms with Crippen molar-refractivity contribution in [3.05, 3.63) is 41.4 Å². The Labute approximate surface area is 160 Å². The minimum atomic E-state index is -0.0624. The highest BCUT2D eigenvalue weighted by atomic mass is 32.1. The number of likely N-dealkylation sites (tertiary alicyclic amines) is 1. The van der Waals surface area contributed by atoms with Crippen molar-refractivity contribution in [3.63, 3.8) is 0 Å². The van der Waals surface area contributed by atoms with Crippen molar-refractivity contribution in [2.24, 2.45) is 0 Å². The van der Waals surface area contributed by atoms with E-state index < -0.39 is 0 Å². The zero-order chi connectivity index (χ0) is 18.6. The number of ether oxygens (including phenoxy) is 1. The molecule has 9 heteroatoms. The Morgan fingerprint density at radius 3 is 3.11 bits per heavy atom. The van der Waals surface area contributed by atoms with Gasteiger partial charge in [-0.15, -0.1) is 21.5 Å². The van der Waals surface area contributed by atoms with Crippen LogP contribution < -0.4 is 4.74 Å². The molecule has 4 rings (SSSR count). The molecule has 140 valence electrons. The fraction of sp³-hybridized carbons (Fsp3) is 0.389. The molecule has 0 unspecified atom stereocenters. The van der Waals surface area contributed by atoms with E-state index in [2.05, 4.69) is 20.4 Å². The van der Waals surface area contributed by atoms with E-state index in [0.29, 0.717) is 37.0 Å². The maximum absolute atomic E-state index is 13.1. The number of pyridine rings is 1. The highest BCUT2D eigenvalue weighted by Crippen LogP contribution is 2.25. The van der Waals surface area contributed by atoms with Crippen molar-refractivity contribution in [1.29, 1.82) is 0 Å². The molecule has 1 saturated heterocycles. The first-order valence-electron chi connectivity index (χ1n) is 8.96. The van der Waals surface area contributed by atoms with Gasteiger partial charge in [-0.05, 0) is 48.6 Å². The van der Waals surface area contributed by atoms with Crippen LogP contribution in [0.2, 0.25) is 0 Å². The van der Waals surface area contributed by atoms with E-state index in [4.69, 9.17) is 4.74 Å². The zero-order valence-electron chi connectivity index (χ0n) is 15.0. The van der Waals surface area contributed by atoms with Crippen LogP contribution in [0.1, 0.15) is 30.1 Å². The van der Waals surface area contributed by atoms with Gasteiger partial charge in [-0.1, -0.05) is 6.07 Å². The van der Waals surface area contributed by atoms with Gasteiger partial charge in [0.2, 0.25) is 11.7 Å². The quantitative estimate of drug-likeness (QED) is 0.649. The minimum Gasteiger partial charge on any atom is -0.477 e. The van der Waals surface area contributed by atoms with Gasteiger partial charge in [0.15, 0.2) is 0 Å². The van der Waals surface area contributed by atoms with Crippen molar-refractivity contribution in [2.45, 2.75) is 32.4 Å². The van der Waals surface area contributed by atoms with E-state index in [1.807, 2.05) is 29.3 Å². The number of hydrogen-bond acceptors (Lipinski definition) is 7. The van der Waals surface area contributed by atoms with E-state index in [9.17, 15) is 4.79 Å². The second-order valence-electron chi connectivity index (χ2n) is 6.23. The Hall–Kier alpha value is -2.81. The molecule has 1 atom stereocenters. The fourth-order valence-corrected chi connectivity index (χ4v) is 3.91. The molecule has 1 aliphatic heterocycles. The molecule has 1 amide bonds. The molecule has 1 fully saturated rings. The summed E-state index contributed by atoms with van der Waals surface area (Å²) in [7, 11) is 0. The summed E-state index contributed by atoms with van der Waals surface area (Å²) in [5.74, 6) is 0.939. The maximum atomic E-state index is 13.1. The summed E-state index contributed by atoms with van der Waals surface area (Å²) in [4.78, 5) is 21.7. The lowest BCUT2D eigenvalue weighted by Gasteiger charge is -2.24. The normalized spacial score (nSPS) is 16.6. The zero-order valence-corrected chi connectivity index (χ0v) is 15.8. The van der Waals surface area contributed by atoms with Crippen LogP contribution in [0.3, 0.4) is 0 Å². The summed E-state index contributed by atoms with van der Waals surface area (Å²) in [5.41, 5.74) is 0.497. The van der Waals surface area contributed by atoms with Gasteiger partial charge in [0.25, 0.3) is 5.91 Å². The van der Waals surface area contributed by atoms with Crippen molar-refractivity contribution in [1.82, 2.24) is 30.1 Å². The number of tetrazole rings is 1. The molecule has 4 heterocycles. The smallest absolute Gasteiger partial charge is 0.259 e. The molecule has 1 aliphatic rings. The molecule has 3 aromatic rings. The standard InChI is InChI=1S/C18H20N6O2S/c1-2-26-17-14(7-3-9-19-17)18(25)23-10-4-6-13(23)12-24-21-16(20-22-24)15-8-5-11-27-15/h3,5,7-9,11,13H,2,4,6,10,12H2,1H3/t13-/m0/s1. The molecular formula is C18H20N6O2S. The Bertz CT molecular complexity index is 910. The molecule has 0 radical (unpaired) electrons. The summed E-state index contributed by atoms with van der Waals surface area (Å²) >= 11 is 1.58. The van der Waals surface area contributed by atoms with Gasteiger partial charge in [-0.3, -0.25) is 4.79 Å². The van der Waals surface area contributed by atoms with E-state index in [0.717, 1.165) is 17.7 Å². The van der Waals surface area contributed by atoms with E-state index in [1.54, 1.807) is 34.5 Å². The summed E-state index contributed by atoms with van der Waals surface area (Å²) in [5, 5.41) is 14.7. The molecule has 8 nitrogen and oxygen atoms in total. The van der Waals surface area contributed by atoms with Crippen LogP contribution in [-0.4, -0.2) is 55.2 Å². The third-order valence-corrected chi connectivity index (χ3v) is 5.35. The molecule has 0 bridgehead atoms. The lowest BCUT2D eigenvalue weighted by Crippen LogP contribution is -2.38. The number of rotatable bonds is 6. The summed E-state index contributed by atoms with van der Waals surface area (Å²) in [6, 6.07) is 7.47. The SMILES string of the molecule is CCOc1ncccc1C(=O)N1CCC[C@H]1Cn1nnc(-c2cccs2)n1. The van der Waals surface area contributed by atoms with Crippen LogP contribution in [0.4, 0.5) is 0 Å². The number of nitrogens with zero attached hydrogens (tertiary/aromatic N) is 6. The fourth-order valence-electron chi connectivity index (χ4n) is 3.27. The summed E-state index contributed by atoms with van der Waals surface area (Å²) < 4.78 is 5.52. The van der Waals surface area contributed by atoms with Crippen molar-refractivity contribution >= 4 is 17.2 Å². The number of carbonyl (C=O) groups excluding carboxylic acids is 1. The van der Waals surface area contributed by atoms with Gasteiger partial charge in [-0.25, -0.2) is 4.98 Å². The maximum Gasteiger partial charge on any atom is 0.259 e. The first-order valence-corrected chi connectivity index (χ1v) is 9.84. The largest absolute Gasteiger partial charge is 0.477 e. The molecular weight excluding hydrogens is 364 g/mol. The van der Waals surface area contributed by atoms with Gasteiger partial charge >= 0.3 is 0 Å². The van der Waals surface area contributed by atoms with E-state index in [-0.39, 0.29) is 11.9 Å². The van der Waals surface area contributed by atoms with Gasteiger partial charge in [-0.2, -0.15) is 4.80 Å². The molecule has 0 aliphatic carbocycles. The van der Waals surface area contributed by atoms with E-state index >= 15 is 0 Å². The van der Waals surface area contributed by atoms with Crippen LogP contribution in [0.15, 0.2) is 35.8 Å². The number of thiophene rings is 1. The second kappa shape index (κ2) is 7.83. The van der Waals surface area contributed by atoms with E-state index in [1.165, 1.54) is 0 Å². The van der Waals surface area contributed by atoms with Crippen molar-refractivity contribution in [2.75, 3.05) is 13.2 Å². The topological polar surface area (TPSA) is 86.0 Å². The van der Waals surface area contributed by atoms with Crippen LogP contribution in [0.25, 0.3) is 10.7 Å². The lowest BCUT2D eigenvalue weighted by atomic mass is 10.2. The van der Waals surface area contributed by atoms with Gasteiger partial charge in [0.1, 0.15) is 5.56 Å². The van der Waals surface area contributed by atoms with Crippen molar-refractivity contribution < 1.29 is 9.53 Å². The minimum absolute atomic E-state index is 0.0255. The molecule has 0 N–H and O–H groups in total. The van der Waals surface area contributed by atoms with Crippen molar-refractivity contribution in [3.8, 4) is 16.6 Å². The average molecular weight is 384 g/mol. The number of carbonyl (C=O) groups is 1. The average Bonchev–Trinajstić information content (AvgIpc) is 3.44. The van der Waals surface area contributed by atoms with Gasteiger partial charge in [0.05, 0.1) is 24.1 Å². The third-order valence-electron chi connectivity index (χ3n) is 4.49. The summed E-state index contributed by atoms with van der Waals surface area (Å²) in [6.45, 7) is 3.57. The van der Waals surface area contributed by atoms with Crippen LogP contribution >= 0.6 is 11.3 Å². The molecule has 0 spiro atoms. The Morgan fingerprint density at radius 1 is 1.37 bits per heavy atom. The van der Waals surface area contributed by atoms with Crippen LogP contribution in [0, 0.1) is 0 Å². The molecule has 3 aromatic heterocycles. The predicted molar refractivity (Wildman–Crippen MR) is 101 cm³/mol. The second-order valence-corrected chi connectivity index (χ2v) is 7.18. The number of aromatic nitrogens is 5. The van der Waals surface area contributed by atoms with Gasteiger partial charge in [0, 0.05) is 12.7 Å². The van der Waals surface area contributed by atoms with Gasteiger partial charge < -0.3 is 9.64 Å². The highest BCUT2D eigenvalue weighted by Gasteiger charge is 2.32. The first-order chi connectivity index (χ1) is 13.3. The Balaban J connectivity index is 1.50. The van der Waals surface area contributed by atoms with Crippen LogP contribution in [0.5, 0.6) is 5.88 Å². The predicted octanol–water partition coefficient (Wildman–Crippen LogP) is 2.50. The molecule has 0 saturated carbocycles.